The van der Waals surface area contributed by atoms with Gasteiger partial charge in [-0.1, -0.05) is 49.9 Å². The summed E-state index contributed by atoms with van der Waals surface area (Å²) in [4.78, 5) is 10.2. The van der Waals surface area contributed by atoms with Crippen LogP contribution < -0.4 is 0 Å². The molecule has 1 aromatic carbocycles. The quantitative estimate of drug-likeness (QED) is 0.414. The van der Waals surface area contributed by atoms with Gasteiger partial charge in [-0.25, -0.2) is 4.79 Å². The standard InChI is InChI=1S/C11H16O3Si.C6H10O2/c1-12-15(13-2,14-3)10-9-11-7-5-4-6-8-11;1-3-5-8-6(7)4-2/h4-10H,1-3H3;4H,2-3,5H2,1H3. The number of hydrogen-bond donors (Lipinski definition) is 0. The molecule has 0 radical (unpaired) electrons. The molecular weight excluding hydrogens is 312 g/mol. The van der Waals surface area contributed by atoms with Gasteiger partial charge in [0.1, 0.15) is 0 Å². The average Bonchev–Trinajstić information content (AvgIpc) is 2.62. The predicted molar refractivity (Wildman–Crippen MR) is 93.7 cm³/mol. The zero-order chi connectivity index (χ0) is 17.6. The minimum Gasteiger partial charge on any atom is -0.463 e. The van der Waals surface area contributed by atoms with Gasteiger partial charge in [-0.05, 0) is 17.7 Å². The third-order valence-corrected chi connectivity index (χ3v) is 5.03. The second-order valence-electron chi connectivity index (χ2n) is 4.33. The highest BCUT2D eigenvalue weighted by Crippen LogP contribution is 2.11. The first-order valence-corrected chi connectivity index (χ1v) is 9.06. The van der Waals surface area contributed by atoms with Crippen LogP contribution in [-0.4, -0.2) is 42.7 Å². The van der Waals surface area contributed by atoms with Gasteiger partial charge in [0.2, 0.25) is 0 Å². The first-order valence-electron chi connectivity index (χ1n) is 7.26. The first-order chi connectivity index (χ1) is 11.1. The van der Waals surface area contributed by atoms with Crippen LogP contribution in [0.25, 0.3) is 6.08 Å². The Morgan fingerprint density at radius 3 is 2.13 bits per heavy atom. The molecule has 0 bridgehead atoms. The summed E-state index contributed by atoms with van der Waals surface area (Å²) in [5.74, 6) is -0.341. The summed E-state index contributed by atoms with van der Waals surface area (Å²) >= 11 is 0. The molecule has 1 aromatic rings. The number of rotatable bonds is 8. The molecule has 0 heterocycles. The van der Waals surface area contributed by atoms with Crippen molar-refractivity contribution in [2.24, 2.45) is 0 Å². The molecular formula is C17H26O5Si. The van der Waals surface area contributed by atoms with Crippen molar-refractivity contribution in [3.8, 4) is 0 Å². The van der Waals surface area contributed by atoms with E-state index in [0.29, 0.717) is 6.61 Å². The van der Waals surface area contributed by atoms with Crippen molar-refractivity contribution in [2.75, 3.05) is 27.9 Å². The summed E-state index contributed by atoms with van der Waals surface area (Å²) < 4.78 is 20.4. The van der Waals surface area contributed by atoms with Gasteiger partial charge in [0.05, 0.1) is 6.61 Å². The van der Waals surface area contributed by atoms with E-state index in [4.69, 9.17) is 13.3 Å². The molecule has 6 heteroatoms. The summed E-state index contributed by atoms with van der Waals surface area (Å²) in [5, 5.41) is 0. The number of carbonyl (C=O) groups excluding carboxylic acids is 1. The van der Waals surface area contributed by atoms with Crippen LogP contribution in [-0.2, 0) is 22.8 Å². The normalized spacial score (nSPS) is 10.8. The van der Waals surface area contributed by atoms with Crippen molar-refractivity contribution in [3.05, 3.63) is 54.2 Å². The molecule has 0 aliphatic rings. The number of ether oxygens (including phenoxy) is 1. The van der Waals surface area contributed by atoms with Crippen LogP contribution in [0.3, 0.4) is 0 Å². The van der Waals surface area contributed by atoms with E-state index in [1.165, 1.54) is 0 Å². The van der Waals surface area contributed by atoms with E-state index in [0.717, 1.165) is 18.1 Å². The Hall–Kier alpha value is -1.73. The second kappa shape index (κ2) is 12.8. The molecule has 0 aliphatic heterocycles. The number of esters is 1. The van der Waals surface area contributed by atoms with Crippen molar-refractivity contribution in [3.63, 3.8) is 0 Å². The Morgan fingerprint density at radius 2 is 1.70 bits per heavy atom. The maximum Gasteiger partial charge on any atom is 0.528 e. The lowest BCUT2D eigenvalue weighted by Crippen LogP contribution is -2.40. The predicted octanol–water partition coefficient (Wildman–Crippen LogP) is 3.24. The fraction of sp³-hybridized carbons (Fsp3) is 0.353. The third-order valence-electron chi connectivity index (χ3n) is 2.75. The van der Waals surface area contributed by atoms with Gasteiger partial charge in [0, 0.05) is 27.4 Å². The Labute approximate surface area is 139 Å². The molecule has 0 unspecified atom stereocenters. The minimum atomic E-state index is -2.58. The van der Waals surface area contributed by atoms with Gasteiger partial charge in [-0.2, -0.15) is 0 Å². The largest absolute Gasteiger partial charge is 0.528 e. The lowest BCUT2D eigenvalue weighted by molar-refractivity contribution is -0.137. The van der Waals surface area contributed by atoms with E-state index in [9.17, 15) is 4.79 Å². The highest BCUT2D eigenvalue weighted by Gasteiger charge is 2.34. The van der Waals surface area contributed by atoms with Crippen LogP contribution in [0.4, 0.5) is 0 Å². The van der Waals surface area contributed by atoms with Gasteiger partial charge in [-0.3, -0.25) is 0 Å². The summed E-state index contributed by atoms with van der Waals surface area (Å²) in [6.07, 6.45) is 3.97. The zero-order valence-electron chi connectivity index (χ0n) is 14.3. The molecule has 128 valence electrons. The van der Waals surface area contributed by atoms with Gasteiger partial charge in [0.15, 0.2) is 0 Å². The molecule has 0 N–H and O–H groups in total. The van der Waals surface area contributed by atoms with Crippen LogP contribution >= 0.6 is 0 Å². The molecule has 0 fully saturated rings. The summed E-state index contributed by atoms with van der Waals surface area (Å²) in [6, 6.07) is 9.96. The lowest BCUT2D eigenvalue weighted by Gasteiger charge is -2.20. The molecule has 0 amide bonds. The average molecular weight is 338 g/mol. The van der Waals surface area contributed by atoms with Crippen molar-refractivity contribution in [1.82, 2.24) is 0 Å². The topological polar surface area (TPSA) is 54.0 Å². The Kier molecular flexibility index (Phi) is 11.8. The Bertz CT molecular complexity index is 461. The fourth-order valence-electron chi connectivity index (χ4n) is 1.48. The number of benzene rings is 1. The van der Waals surface area contributed by atoms with Crippen molar-refractivity contribution < 1.29 is 22.8 Å². The maximum absolute atomic E-state index is 10.2. The number of carbonyl (C=O) groups is 1. The molecule has 0 atom stereocenters. The van der Waals surface area contributed by atoms with Crippen LogP contribution in [0, 0.1) is 0 Å². The monoisotopic (exact) mass is 338 g/mol. The summed E-state index contributed by atoms with van der Waals surface area (Å²) in [5.41, 5.74) is 2.96. The Balaban J connectivity index is 0.000000515. The van der Waals surface area contributed by atoms with Gasteiger partial charge in [0.25, 0.3) is 0 Å². The first kappa shape index (κ1) is 21.3. The van der Waals surface area contributed by atoms with E-state index in [2.05, 4.69) is 11.3 Å². The van der Waals surface area contributed by atoms with Crippen LogP contribution in [0.1, 0.15) is 18.9 Å². The van der Waals surface area contributed by atoms with E-state index >= 15 is 0 Å². The highest BCUT2D eigenvalue weighted by molar-refractivity contribution is 6.66. The molecule has 0 saturated carbocycles. The van der Waals surface area contributed by atoms with Gasteiger partial charge < -0.3 is 18.0 Å². The van der Waals surface area contributed by atoms with Crippen molar-refractivity contribution in [2.45, 2.75) is 13.3 Å². The minimum absolute atomic E-state index is 0.341. The second-order valence-corrected chi connectivity index (χ2v) is 7.10. The SMILES string of the molecule is C=CC(=O)OCCC.CO[Si](C=Cc1ccccc1)(OC)OC. The Morgan fingerprint density at radius 1 is 1.13 bits per heavy atom. The zero-order valence-corrected chi connectivity index (χ0v) is 15.3. The number of hydrogen-bond acceptors (Lipinski definition) is 5. The maximum atomic E-state index is 10.2. The van der Waals surface area contributed by atoms with E-state index in [1.807, 2.05) is 49.0 Å². The van der Waals surface area contributed by atoms with Crippen LogP contribution in [0.2, 0.25) is 0 Å². The smallest absolute Gasteiger partial charge is 0.463 e. The van der Waals surface area contributed by atoms with E-state index in [-0.39, 0.29) is 5.97 Å². The van der Waals surface area contributed by atoms with E-state index in [1.54, 1.807) is 21.3 Å². The molecule has 0 aromatic heterocycles. The summed E-state index contributed by atoms with van der Waals surface area (Å²) in [7, 11) is 2.19. The molecule has 5 nitrogen and oxygen atoms in total. The van der Waals surface area contributed by atoms with Crippen molar-refractivity contribution >= 4 is 20.8 Å². The van der Waals surface area contributed by atoms with Crippen LogP contribution in [0.5, 0.6) is 0 Å². The van der Waals surface area contributed by atoms with Crippen LogP contribution in [0.15, 0.2) is 48.7 Å². The fourth-order valence-corrected chi connectivity index (χ4v) is 2.78. The van der Waals surface area contributed by atoms with Gasteiger partial charge >= 0.3 is 14.8 Å². The lowest BCUT2D eigenvalue weighted by atomic mass is 10.2. The third kappa shape index (κ3) is 9.10. The molecule has 0 spiro atoms. The van der Waals surface area contributed by atoms with Crippen molar-refractivity contribution in [1.29, 1.82) is 0 Å². The summed E-state index contributed by atoms with van der Waals surface area (Å²) in [6.45, 7) is 5.67. The molecule has 1 rings (SSSR count). The van der Waals surface area contributed by atoms with E-state index < -0.39 is 8.80 Å². The molecule has 23 heavy (non-hydrogen) atoms. The molecule has 0 aliphatic carbocycles. The highest BCUT2D eigenvalue weighted by atomic mass is 28.4. The molecule has 0 saturated heterocycles. The van der Waals surface area contributed by atoms with Gasteiger partial charge in [-0.15, -0.1) is 0 Å².